The Morgan fingerprint density at radius 3 is 2.53 bits per heavy atom. The first kappa shape index (κ1) is 25.5. The van der Waals surface area contributed by atoms with Gasteiger partial charge in [-0.3, -0.25) is 4.79 Å². The minimum absolute atomic E-state index is 0.0166. The van der Waals surface area contributed by atoms with E-state index in [2.05, 4.69) is 25.6 Å². The van der Waals surface area contributed by atoms with Crippen molar-refractivity contribution in [2.24, 2.45) is 5.92 Å². The molecule has 0 bridgehead atoms. The minimum atomic E-state index is -0.725. The third kappa shape index (κ3) is 5.87. The maximum atomic E-state index is 13.6. The fraction of sp³-hybridized carbons (Fsp3) is 0.286. The number of aromatic nitrogens is 4. The quantitative estimate of drug-likeness (QED) is 0.323. The second-order valence-corrected chi connectivity index (χ2v) is 9.15. The SMILES string of the molecule is CNc1nccc(-c2[nH]c(C3OCC(C(C)NC(=O)Cc4ccccc4)CO3)nc2-c2ccc(F)cc2)n1. The number of carbonyl (C=O) groups is 1. The second kappa shape index (κ2) is 11.5. The molecule has 0 saturated carbocycles. The number of halogens is 1. The number of amides is 1. The molecule has 0 spiro atoms. The summed E-state index contributed by atoms with van der Waals surface area (Å²) in [5, 5.41) is 5.98. The lowest BCUT2D eigenvalue weighted by Crippen LogP contribution is -2.44. The molecule has 1 aliphatic heterocycles. The van der Waals surface area contributed by atoms with E-state index >= 15 is 0 Å². The zero-order valence-electron chi connectivity index (χ0n) is 21.1. The maximum absolute atomic E-state index is 13.6. The van der Waals surface area contributed by atoms with Crippen molar-refractivity contribution in [1.29, 1.82) is 0 Å². The average molecular weight is 517 g/mol. The van der Waals surface area contributed by atoms with Crippen LogP contribution in [0.1, 0.15) is 24.6 Å². The van der Waals surface area contributed by atoms with Crippen LogP contribution in [0.15, 0.2) is 66.9 Å². The lowest BCUT2D eigenvalue weighted by atomic mass is 10.0. The van der Waals surface area contributed by atoms with Gasteiger partial charge in [0, 0.05) is 30.8 Å². The van der Waals surface area contributed by atoms with Crippen LogP contribution < -0.4 is 10.6 Å². The summed E-state index contributed by atoms with van der Waals surface area (Å²) in [4.78, 5) is 29.2. The Morgan fingerprint density at radius 1 is 1.08 bits per heavy atom. The van der Waals surface area contributed by atoms with E-state index in [9.17, 15) is 9.18 Å². The smallest absolute Gasteiger partial charge is 0.224 e. The zero-order chi connectivity index (χ0) is 26.5. The third-order valence-corrected chi connectivity index (χ3v) is 6.42. The van der Waals surface area contributed by atoms with E-state index in [0.29, 0.717) is 48.5 Å². The highest BCUT2D eigenvalue weighted by Crippen LogP contribution is 2.33. The summed E-state index contributed by atoms with van der Waals surface area (Å²) in [6.07, 6.45) is 1.24. The predicted octanol–water partition coefficient (Wildman–Crippen LogP) is 4.12. The van der Waals surface area contributed by atoms with Crippen LogP contribution in [-0.2, 0) is 20.7 Å². The van der Waals surface area contributed by atoms with E-state index in [4.69, 9.17) is 14.5 Å². The van der Waals surface area contributed by atoms with Gasteiger partial charge in [-0.15, -0.1) is 0 Å². The Labute approximate surface area is 219 Å². The number of rotatable bonds is 8. The molecule has 196 valence electrons. The van der Waals surface area contributed by atoms with Gasteiger partial charge in [0.1, 0.15) is 5.82 Å². The molecule has 2 aromatic carbocycles. The number of carbonyl (C=O) groups excluding carboxylic acids is 1. The summed E-state index contributed by atoms with van der Waals surface area (Å²) in [5.74, 6) is 0.539. The fourth-order valence-electron chi connectivity index (χ4n) is 4.29. The standard InChI is InChI=1S/C28H29FN6O3/c1-17(32-23(36)14-18-6-4-3-5-7-18)20-15-37-27(38-16-20)26-34-24(19-8-10-21(29)11-9-19)25(35-26)22-12-13-31-28(30-2)33-22/h3-13,17,20,27H,14-16H2,1-2H3,(H,32,36)(H,34,35)(H,30,31,33). The number of imidazole rings is 1. The van der Waals surface area contributed by atoms with Gasteiger partial charge in [-0.1, -0.05) is 30.3 Å². The van der Waals surface area contributed by atoms with Gasteiger partial charge in [0.2, 0.25) is 18.1 Å². The maximum Gasteiger partial charge on any atom is 0.224 e. The van der Waals surface area contributed by atoms with Gasteiger partial charge in [-0.25, -0.2) is 19.3 Å². The van der Waals surface area contributed by atoms with Crippen molar-refractivity contribution in [2.45, 2.75) is 25.7 Å². The van der Waals surface area contributed by atoms with Gasteiger partial charge in [-0.05, 0) is 42.8 Å². The highest BCUT2D eigenvalue weighted by Gasteiger charge is 2.31. The summed E-state index contributed by atoms with van der Waals surface area (Å²) in [5.41, 5.74) is 3.53. The van der Waals surface area contributed by atoms with Crippen LogP contribution in [-0.4, -0.2) is 52.1 Å². The summed E-state index contributed by atoms with van der Waals surface area (Å²) < 4.78 is 25.6. The number of ether oxygens (including phenoxy) is 2. The highest BCUT2D eigenvalue weighted by molar-refractivity contribution is 5.79. The number of hydrogen-bond donors (Lipinski definition) is 3. The summed E-state index contributed by atoms with van der Waals surface area (Å²) in [6.45, 7) is 2.72. The fourth-order valence-corrected chi connectivity index (χ4v) is 4.29. The van der Waals surface area contributed by atoms with E-state index < -0.39 is 6.29 Å². The minimum Gasteiger partial charge on any atom is -0.357 e. The van der Waals surface area contributed by atoms with Crippen LogP contribution in [0, 0.1) is 11.7 Å². The first-order chi connectivity index (χ1) is 18.5. The monoisotopic (exact) mass is 516 g/mol. The number of aromatic amines is 1. The van der Waals surface area contributed by atoms with E-state index in [0.717, 1.165) is 11.1 Å². The number of benzene rings is 2. The molecular weight excluding hydrogens is 487 g/mol. The van der Waals surface area contributed by atoms with Crippen LogP contribution in [0.5, 0.6) is 0 Å². The summed E-state index contributed by atoms with van der Waals surface area (Å²) in [7, 11) is 1.74. The lowest BCUT2D eigenvalue weighted by molar-refractivity contribution is -0.212. The molecule has 1 saturated heterocycles. The normalized spacial score (nSPS) is 18.1. The highest BCUT2D eigenvalue weighted by atomic mass is 19.1. The van der Waals surface area contributed by atoms with E-state index in [1.54, 1.807) is 31.4 Å². The molecule has 0 aliphatic carbocycles. The van der Waals surface area contributed by atoms with Crippen LogP contribution in [0.25, 0.3) is 22.6 Å². The van der Waals surface area contributed by atoms with Crippen molar-refractivity contribution in [1.82, 2.24) is 25.3 Å². The van der Waals surface area contributed by atoms with Gasteiger partial charge >= 0.3 is 0 Å². The molecule has 10 heteroatoms. The van der Waals surface area contributed by atoms with Crippen molar-refractivity contribution < 1.29 is 18.7 Å². The molecule has 38 heavy (non-hydrogen) atoms. The largest absolute Gasteiger partial charge is 0.357 e. The first-order valence-electron chi connectivity index (χ1n) is 12.4. The van der Waals surface area contributed by atoms with Gasteiger partial charge in [0.25, 0.3) is 0 Å². The Hall–Kier alpha value is -4.15. The molecule has 1 unspecified atom stereocenters. The second-order valence-electron chi connectivity index (χ2n) is 9.15. The number of hydrogen-bond acceptors (Lipinski definition) is 7. The van der Waals surface area contributed by atoms with E-state index in [1.165, 1.54) is 12.1 Å². The summed E-state index contributed by atoms with van der Waals surface area (Å²) in [6, 6.07) is 17.4. The molecule has 4 aromatic rings. The molecule has 1 fully saturated rings. The van der Waals surface area contributed by atoms with Gasteiger partial charge in [0.05, 0.1) is 36.7 Å². The van der Waals surface area contributed by atoms with Crippen molar-refractivity contribution in [3.05, 3.63) is 84.1 Å². The van der Waals surface area contributed by atoms with Crippen molar-refractivity contribution in [3.63, 3.8) is 0 Å². The molecule has 0 radical (unpaired) electrons. The molecule has 2 aromatic heterocycles. The van der Waals surface area contributed by atoms with Gasteiger partial charge in [-0.2, -0.15) is 0 Å². The Morgan fingerprint density at radius 2 is 1.82 bits per heavy atom. The lowest BCUT2D eigenvalue weighted by Gasteiger charge is -2.32. The summed E-state index contributed by atoms with van der Waals surface area (Å²) >= 11 is 0. The predicted molar refractivity (Wildman–Crippen MR) is 140 cm³/mol. The molecule has 1 atom stereocenters. The topological polar surface area (TPSA) is 114 Å². The molecule has 1 aliphatic rings. The Balaban J connectivity index is 1.29. The van der Waals surface area contributed by atoms with Crippen LogP contribution in [0.2, 0.25) is 0 Å². The van der Waals surface area contributed by atoms with Crippen molar-refractivity contribution in [2.75, 3.05) is 25.6 Å². The molecule has 3 N–H and O–H groups in total. The third-order valence-electron chi connectivity index (χ3n) is 6.42. The van der Waals surface area contributed by atoms with Crippen LogP contribution >= 0.6 is 0 Å². The number of nitrogens with one attached hydrogen (secondary N) is 3. The van der Waals surface area contributed by atoms with Gasteiger partial charge < -0.3 is 25.1 Å². The molecule has 9 nitrogen and oxygen atoms in total. The molecule has 5 rings (SSSR count). The number of nitrogens with zero attached hydrogens (tertiary/aromatic N) is 3. The zero-order valence-corrected chi connectivity index (χ0v) is 21.1. The first-order valence-corrected chi connectivity index (χ1v) is 12.4. The Kier molecular flexibility index (Phi) is 7.71. The molecular formula is C28H29FN6O3. The number of H-pyrrole nitrogens is 1. The van der Waals surface area contributed by atoms with Crippen molar-refractivity contribution in [3.8, 4) is 22.6 Å². The van der Waals surface area contributed by atoms with E-state index in [-0.39, 0.29) is 23.7 Å². The Bertz CT molecular complexity index is 1370. The van der Waals surface area contributed by atoms with Crippen LogP contribution in [0.3, 0.4) is 0 Å². The van der Waals surface area contributed by atoms with Crippen LogP contribution in [0.4, 0.5) is 10.3 Å². The van der Waals surface area contributed by atoms with E-state index in [1.807, 2.05) is 37.3 Å². The van der Waals surface area contributed by atoms with Crippen molar-refractivity contribution >= 4 is 11.9 Å². The molecule has 1 amide bonds. The number of anilines is 1. The molecule has 3 heterocycles. The van der Waals surface area contributed by atoms with Gasteiger partial charge in [0.15, 0.2) is 5.82 Å². The average Bonchev–Trinajstić information content (AvgIpc) is 3.39.